The summed E-state index contributed by atoms with van der Waals surface area (Å²) in [5.41, 5.74) is -0.604. The molecular formula is C22H40O15. The molecule has 218 valence electrons. The molecule has 15 unspecified atom stereocenters. The largest absolute Gasteiger partial charge is 0.394 e. The van der Waals surface area contributed by atoms with E-state index in [0.29, 0.717) is 0 Å². The highest BCUT2D eigenvalue weighted by molar-refractivity contribution is 4.99. The maximum atomic E-state index is 10.7. The molecule has 0 aromatic rings. The fourth-order valence-corrected chi connectivity index (χ4v) is 4.79. The Hall–Kier alpha value is -0.600. The lowest BCUT2D eigenvalue weighted by atomic mass is 9.80. The molecule has 0 bridgehead atoms. The van der Waals surface area contributed by atoms with Crippen LogP contribution in [0.15, 0.2) is 0 Å². The number of hydrogen-bond donors (Lipinski definition) is 10. The van der Waals surface area contributed by atoms with Crippen LogP contribution in [0.5, 0.6) is 0 Å². The Kier molecular flexibility index (Phi) is 10.3. The van der Waals surface area contributed by atoms with Crippen LogP contribution in [0.3, 0.4) is 0 Å². The lowest BCUT2D eigenvalue weighted by Crippen LogP contribution is -2.67. The van der Waals surface area contributed by atoms with Crippen LogP contribution in [-0.2, 0) is 23.7 Å². The van der Waals surface area contributed by atoms with Gasteiger partial charge in [-0.2, -0.15) is 0 Å². The Bertz CT molecular complexity index is 715. The summed E-state index contributed by atoms with van der Waals surface area (Å²) in [6, 6.07) is 0. The summed E-state index contributed by atoms with van der Waals surface area (Å²) < 4.78 is 27.7. The van der Waals surface area contributed by atoms with E-state index in [1.165, 1.54) is 0 Å². The Labute approximate surface area is 213 Å². The molecule has 0 aromatic carbocycles. The number of aliphatic hydroxyl groups excluding tert-OH is 10. The van der Waals surface area contributed by atoms with E-state index >= 15 is 0 Å². The van der Waals surface area contributed by atoms with E-state index in [-0.39, 0.29) is 0 Å². The Morgan fingerprint density at radius 2 is 0.919 bits per heavy atom. The van der Waals surface area contributed by atoms with Crippen molar-refractivity contribution >= 4 is 0 Å². The van der Waals surface area contributed by atoms with Gasteiger partial charge in [0.2, 0.25) is 0 Å². The van der Waals surface area contributed by atoms with Gasteiger partial charge in [-0.1, -0.05) is 20.8 Å². The first-order valence-electron chi connectivity index (χ1n) is 12.1. The zero-order valence-corrected chi connectivity index (χ0v) is 20.8. The van der Waals surface area contributed by atoms with Crippen LogP contribution >= 0.6 is 0 Å². The molecule has 10 N–H and O–H groups in total. The monoisotopic (exact) mass is 544 g/mol. The highest BCUT2D eigenvalue weighted by Crippen LogP contribution is 2.36. The fourth-order valence-electron chi connectivity index (χ4n) is 4.79. The minimum atomic E-state index is -1.86. The maximum Gasteiger partial charge on any atom is 0.187 e. The van der Waals surface area contributed by atoms with E-state index in [0.717, 1.165) is 0 Å². The Morgan fingerprint density at radius 3 is 1.38 bits per heavy atom. The number of hydrogen-bond acceptors (Lipinski definition) is 15. The highest BCUT2D eigenvalue weighted by Gasteiger charge is 2.54. The minimum Gasteiger partial charge on any atom is -0.394 e. The van der Waals surface area contributed by atoms with Crippen molar-refractivity contribution < 1.29 is 74.7 Å². The first-order chi connectivity index (χ1) is 17.3. The second kappa shape index (κ2) is 12.3. The summed E-state index contributed by atoms with van der Waals surface area (Å²) in [7, 11) is 0. The molecule has 0 aliphatic carbocycles. The summed E-state index contributed by atoms with van der Waals surface area (Å²) in [4.78, 5) is 0. The molecule has 0 radical (unpaired) electrons. The molecule has 15 nitrogen and oxygen atoms in total. The zero-order chi connectivity index (χ0) is 27.8. The normalized spacial score (nSPS) is 49.7. The molecule has 3 heterocycles. The quantitative estimate of drug-likeness (QED) is 0.144. The molecule has 0 aromatic heterocycles. The van der Waals surface area contributed by atoms with Gasteiger partial charge >= 0.3 is 0 Å². The third-order valence-electron chi connectivity index (χ3n) is 6.97. The van der Waals surface area contributed by atoms with E-state index in [1.54, 1.807) is 20.8 Å². The zero-order valence-electron chi connectivity index (χ0n) is 20.8. The smallest absolute Gasteiger partial charge is 0.187 e. The van der Waals surface area contributed by atoms with Crippen LogP contribution in [0, 0.1) is 5.41 Å². The second-order valence-electron chi connectivity index (χ2n) is 10.7. The molecule has 3 saturated heterocycles. The molecule has 3 fully saturated rings. The topological polar surface area (TPSA) is 248 Å². The van der Waals surface area contributed by atoms with Gasteiger partial charge < -0.3 is 74.7 Å². The Morgan fingerprint density at radius 1 is 0.514 bits per heavy atom. The minimum absolute atomic E-state index is 0.604. The summed E-state index contributed by atoms with van der Waals surface area (Å²) >= 11 is 0. The van der Waals surface area contributed by atoms with Crippen molar-refractivity contribution in [2.24, 2.45) is 5.41 Å². The van der Waals surface area contributed by atoms with Crippen LogP contribution in [0.2, 0.25) is 0 Å². The number of ether oxygens (including phenoxy) is 5. The van der Waals surface area contributed by atoms with Gasteiger partial charge in [0.25, 0.3) is 0 Å². The van der Waals surface area contributed by atoms with Crippen molar-refractivity contribution in [1.82, 2.24) is 0 Å². The van der Waals surface area contributed by atoms with Crippen molar-refractivity contribution in [2.45, 2.75) is 113 Å². The van der Waals surface area contributed by atoms with Gasteiger partial charge in [0.05, 0.1) is 25.9 Å². The van der Waals surface area contributed by atoms with E-state index < -0.39 is 117 Å². The van der Waals surface area contributed by atoms with E-state index in [2.05, 4.69) is 0 Å². The molecule has 37 heavy (non-hydrogen) atoms. The molecule has 3 rings (SSSR count). The number of aliphatic hydroxyl groups is 10. The molecular weight excluding hydrogens is 504 g/mol. The average molecular weight is 545 g/mol. The van der Waals surface area contributed by atoms with Gasteiger partial charge in [0.15, 0.2) is 12.6 Å². The van der Waals surface area contributed by atoms with Gasteiger partial charge in [-0.05, 0) is 5.41 Å². The lowest BCUT2D eigenvalue weighted by molar-refractivity contribution is -0.374. The van der Waals surface area contributed by atoms with Crippen LogP contribution < -0.4 is 0 Å². The third kappa shape index (κ3) is 6.26. The van der Waals surface area contributed by atoms with Crippen LogP contribution in [-0.4, -0.2) is 163 Å². The van der Waals surface area contributed by atoms with Crippen LogP contribution in [0.4, 0.5) is 0 Å². The maximum absolute atomic E-state index is 10.7. The van der Waals surface area contributed by atoms with Crippen LogP contribution in [0.25, 0.3) is 0 Å². The van der Waals surface area contributed by atoms with E-state index in [1.807, 2.05) is 0 Å². The van der Waals surface area contributed by atoms with Crippen molar-refractivity contribution in [2.75, 3.05) is 19.8 Å². The summed E-state index contributed by atoms with van der Waals surface area (Å²) in [6.45, 7) is 3.20. The molecule has 3 aliphatic rings. The molecule has 3 aliphatic heterocycles. The van der Waals surface area contributed by atoms with Gasteiger partial charge in [-0.25, -0.2) is 0 Å². The van der Waals surface area contributed by atoms with Gasteiger partial charge in [-0.3, -0.25) is 0 Å². The van der Waals surface area contributed by atoms with Crippen LogP contribution in [0.1, 0.15) is 20.8 Å². The standard InChI is InChI=1S/C22H40O15/c1-22(2,3)19-14(30)12(28)17(8(5-24)33-19)36-21-16(32)13(29)18(9(6-25)35-21)37-20-15(31)11(27)10(26)7(4-23)34-20/h7-21,23-32H,4-6H2,1-3H3. The predicted octanol–water partition coefficient (Wildman–Crippen LogP) is -5.48. The molecule has 0 amide bonds. The number of rotatable bonds is 7. The Balaban J connectivity index is 1.73. The first-order valence-corrected chi connectivity index (χ1v) is 12.1. The van der Waals surface area contributed by atoms with E-state index in [9.17, 15) is 51.1 Å². The molecule has 15 heteroatoms. The molecule has 15 atom stereocenters. The predicted molar refractivity (Wildman–Crippen MR) is 118 cm³/mol. The van der Waals surface area contributed by atoms with Crippen molar-refractivity contribution in [3.63, 3.8) is 0 Å². The van der Waals surface area contributed by atoms with Crippen molar-refractivity contribution in [1.29, 1.82) is 0 Å². The SMILES string of the molecule is CC(C)(C)C1OC(CO)C(OC2OC(CO)C(OC3OC(CO)C(O)C(O)C3O)C(O)C2O)C(O)C1O. The van der Waals surface area contributed by atoms with Gasteiger partial charge in [-0.15, -0.1) is 0 Å². The molecule has 0 spiro atoms. The summed E-state index contributed by atoms with van der Waals surface area (Å²) in [6.07, 6.45) is -22.9. The van der Waals surface area contributed by atoms with Crippen molar-refractivity contribution in [3.05, 3.63) is 0 Å². The van der Waals surface area contributed by atoms with Crippen molar-refractivity contribution in [3.8, 4) is 0 Å². The van der Waals surface area contributed by atoms with E-state index in [4.69, 9.17) is 23.7 Å². The lowest BCUT2D eigenvalue weighted by Gasteiger charge is -2.49. The average Bonchev–Trinajstić information content (AvgIpc) is 2.85. The second-order valence-corrected chi connectivity index (χ2v) is 10.7. The first kappa shape index (κ1) is 30.9. The van der Waals surface area contributed by atoms with Gasteiger partial charge in [0.1, 0.15) is 73.2 Å². The summed E-state index contributed by atoms with van der Waals surface area (Å²) in [5, 5.41) is 102. The fraction of sp³-hybridized carbons (Fsp3) is 1.00. The molecule has 0 saturated carbocycles. The van der Waals surface area contributed by atoms with Gasteiger partial charge in [0, 0.05) is 0 Å². The summed E-state index contributed by atoms with van der Waals surface area (Å²) in [5.74, 6) is 0. The highest BCUT2D eigenvalue weighted by atomic mass is 16.7. The third-order valence-corrected chi connectivity index (χ3v) is 6.97.